The minimum Gasteiger partial charge on any atom is -0.399 e. The zero-order valence-corrected chi connectivity index (χ0v) is 13.7. The topological polar surface area (TPSA) is 63.4 Å². The Morgan fingerprint density at radius 1 is 1.15 bits per heavy atom. The smallest absolute Gasteiger partial charge is 0.264 e. The Morgan fingerprint density at radius 3 is 2.30 bits per heavy atom. The van der Waals surface area contributed by atoms with Gasteiger partial charge in [-0.05, 0) is 58.4 Å². The number of nitrogens with zero attached hydrogens (tertiary/aromatic N) is 1. The van der Waals surface area contributed by atoms with E-state index in [4.69, 9.17) is 17.3 Å². The molecular formula is C13H12BrClN2O2S. The number of hydrogen-bond acceptors (Lipinski definition) is 3. The van der Waals surface area contributed by atoms with Gasteiger partial charge in [0.05, 0.1) is 15.6 Å². The fourth-order valence-corrected chi connectivity index (χ4v) is 3.49. The molecule has 0 spiro atoms. The van der Waals surface area contributed by atoms with Gasteiger partial charge >= 0.3 is 0 Å². The third kappa shape index (κ3) is 2.92. The number of nitrogen functional groups attached to an aromatic ring is 1. The maximum absolute atomic E-state index is 12.5. The summed E-state index contributed by atoms with van der Waals surface area (Å²) >= 11 is 9.10. The van der Waals surface area contributed by atoms with Crippen molar-refractivity contribution >= 4 is 48.9 Å². The molecule has 2 aromatic carbocycles. The second kappa shape index (κ2) is 5.63. The molecule has 0 saturated carbocycles. The highest BCUT2D eigenvalue weighted by Gasteiger charge is 2.21. The Morgan fingerprint density at radius 2 is 1.75 bits per heavy atom. The van der Waals surface area contributed by atoms with Crippen LogP contribution in [0.1, 0.15) is 0 Å². The van der Waals surface area contributed by atoms with Gasteiger partial charge in [-0.1, -0.05) is 11.6 Å². The van der Waals surface area contributed by atoms with E-state index in [9.17, 15) is 8.42 Å². The quantitative estimate of drug-likeness (QED) is 0.835. The first-order valence-corrected chi connectivity index (χ1v) is 8.23. The van der Waals surface area contributed by atoms with Crippen LogP contribution in [0.2, 0.25) is 5.02 Å². The van der Waals surface area contributed by atoms with Gasteiger partial charge in [0.1, 0.15) is 0 Å². The summed E-state index contributed by atoms with van der Waals surface area (Å²) in [5, 5.41) is 0.457. The minimum atomic E-state index is -3.64. The van der Waals surface area contributed by atoms with Gasteiger partial charge in [0, 0.05) is 17.2 Å². The van der Waals surface area contributed by atoms with Gasteiger partial charge in [0.25, 0.3) is 10.0 Å². The Labute approximate surface area is 131 Å². The molecule has 0 atom stereocenters. The lowest BCUT2D eigenvalue weighted by Crippen LogP contribution is -2.26. The van der Waals surface area contributed by atoms with Crippen LogP contribution >= 0.6 is 27.5 Å². The second-order valence-corrected chi connectivity index (χ2v) is 7.37. The van der Waals surface area contributed by atoms with Crippen LogP contribution in [-0.4, -0.2) is 15.5 Å². The molecule has 0 aliphatic carbocycles. The van der Waals surface area contributed by atoms with E-state index in [-0.39, 0.29) is 4.90 Å². The van der Waals surface area contributed by atoms with Gasteiger partial charge in [0.2, 0.25) is 0 Å². The number of sulfonamides is 1. The fourth-order valence-electron chi connectivity index (χ4n) is 1.62. The standard InChI is InChI=1S/C13H12BrClN2O2S/c1-17(10-4-2-9(16)3-5-10)20(18,19)11-6-7-13(15)12(14)8-11/h2-8H,16H2,1H3. The van der Waals surface area contributed by atoms with Gasteiger partial charge in [-0.25, -0.2) is 8.42 Å². The lowest BCUT2D eigenvalue weighted by molar-refractivity contribution is 0.594. The molecule has 106 valence electrons. The number of hydrogen-bond donors (Lipinski definition) is 1. The molecule has 0 aromatic heterocycles. The van der Waals surface area contributed by atoms with Crippen molar-refractivity contribution in [2.24, 2.45) is 0 Å². The predicted molar refractivity (Wildman–Crippen MR) is 85.6 cm³/mol. The average molecular weight is 376 g/mol. The monoisotopic (exact) mass is 374 g/mol. The first-order valence-electron chi connectivity index (χ1n) is 5.62. The van der Waals surface area contributed by atoms with Gasteiger partial charge < -0.3 is 5.73 Å². The number of rotatable bonds is 3. The third-order valence-corrected chi connectivity index (χ3v) is 5.80. The second-order valence-electron chi connectivity index (χ2n) is 4.14. The number of nitrogens with two attached hydrogens (primary N) is 1. The molecule has 0 bridgehead atoms. The summed E-state index contributed by atoms with van der Waals surface area (Å²) in [6.45, 7) is 0. The minimum absolute atomic E-state index is 0.160. The van der Waals surface area contributed by atoms with Crippen molar-refractivity contribution in [3.05, 3.63) is 52.0 Å². The Bertz CT molecular complexity index is 733. The van der Waals surface area contributed by atoms with Crippen molar-refractivity contribution in [1.82, 2.24) is 0 Å². The van der Waals surface area contributed by atoms with E-state index < -0.39 is 10.0 Å². The molecular weight excluding hydrogens is 364 g/mol. The Kier molecular flexibility index (Phi) is 4.27. The van der Waals surface area contributed by atoms with E-state index in [2.05, 4.69) is 15.9 Å². The van der Waals surface area contributed by atoms with Gasteiger partial charge in [-0.3, -0.25) is 4.31 Å². The van der Waals surface area contributed by atoms with Crippen LogP contribution in [0.5, 0.6) is 0 Å². The van der Waals surface area contributed by atoms with Gasteiger partial charge in [0.15, 0.2) is 0 Å². The van der Waals surface area contributed by atoms with E-state index in [0.29, 0.717) is 20.9 Å². The molecule has 2 aromatic rings. The van der Waals surface area contributed by atoms with Gasteiger partial charge in [-0.2, -0.15) is 0 Å². The summed E-state index contributed by atoms with van der Waals surface area (Å²) in [4.78, 5) is 0.160. The van der Waals surface area contributed by atoms with Crippen LogP contribution in [0.25, 0.3) is 0 Å². The molecule has 4 nitrogen and oxygen atoms in total. The number of halogens is 2. The number of anilines is 2. The van der Waals surface area contributed by atoms with E-state index in [0.717, 1.165) is 0 Å². The predicted octanol–water partition coefficient (Wildman–Crippen LogP) is 3.51. The Hall–Kier alpha value is -1.24. The van der Waals surface area contributed by atoms with Crippen molar-refractivity contribution < 1.29 is 8.42 Å². The molecule has 0 radical (unpaired) electrons. The van der Waals surface area contributed by atoms with Crippen LogP contribution in [0, 0.1) is 0 Å². The largest absolute Gasteiger partial charge is 0.399 e. The highest BCUT2D eigenvalue weighted by molar-refractivity contribution is 9.10. The molecule has 0 aliphatic rings. The van der Waals surface area contributed by atoms with Crippen LogP contribution in [0.4, 0.5) is 11.4 Å². The van der Waals surface area contributed by atoms with Crippen molar-refractivity contribution in [3.8, 4) is 0 Å². The molecule has 0 aliphatic heterocycles. The lowest BCUT2D eigenvalue weighted by atomic mass is 10.3. The van der Waals surface area contributed by atoms with Gasteiger partial charge in [-0.15, -0.1) is 0 Å². The lowest BCUT2D eigenvalue weighted by Gasteiger charge is -2.20. The summed E-state index contributed by atoms with van der Waals surface area (Å²) in [5.41, 5.74) is 6.70. The van der Waals surface area contributed by atoms with Crippen LogP contribution in [0.3, 0.4) is 0 Å². The van der Waals surface area contributed by atoms with Crippen molar-refractivity contribution in [3.63, 3.8) is 0 Å². The van der Waals surface area contributed by atoms with Crippen molar-refractivity contribution in [1.29, 1.82) is 0 Å². The SMILES string of the molecule is CN(c1ccc(N)cc1)S(=O)(=O)c1ccc(Cl)c(Br)c1. The zero-order chi connectivity index (χ0) is 14.9. The molecule has 2 N–H and O–H groups in total. The fraction of sp³-hybridized carbons (Fsp3) is 0.0769. The van der Waals surface area contributed by atoms with E-state index in [1.54, 1.807) is 24.3 Å². The van der Waals surface area contributed by atoms with Crippen LogP contribution in [-0.2, 0) is 10.0 Å². The molecule has 0 heterocycles. The molecule has 0 saturated heterocycles. The van der Waals surface area contributed by atoms with Crippen molar-refractivity contribution in [2.75, 3.05) is 17.1 Å². The zero-order valence-electron chi connectivity index (χ0n) is 10.5. The normalized spacial score (nSPS) is 11.3. The van der Waals surface area contributed by atoms with E-state index in [1.807, 2.05) is 0 Å². The van der Waals surface area contributed by atoms with Crippen LogP contribution < -0.4 is 10.0 Å². The van der Waals surface area contributed by atoms with Crippen LogP contribution in [0.15, 0.2) is 51.8 Å². The summed E-state index contributed by atoms with van der Waals surface area (Å²) in [6, 6.07) is 11.1. The molecule has 20 heavy (non-hydrogen) atoms. The molecule has 2 rings (SSSR count). The first-order chi connectivity index (χ1) is 9.32. The highest BCUT2D eigenvalue weighted by Crippen LogP contribution is 2.28. The summed E-state index contributed by atoms with van der Waals surface area (Å²) in [6.07, 6.45) is 0. The molecule has 7 heteroatoms. The average Bonchev–Trinajstić information content (AvgIpc) is 2.41. The summed E-state index contributed by atoms with van der Waals surface area (Å²) in [5.74, 6) is 0. The molecule has 0 fully saturated rings. The maximum Gasteiger partial charge on any atom is 0.264 e. The van der Waals surface area contributed by atoms with E-state index in [1.165, 1.54) is 29.6 Å². The highest BCUT2D eigenvalue weighted by atomic mass is 79.9. The first kappa shape index (κ1) is 15.2. The summed E-state index contributed by atoms with van der Waals surface area (Å²) < 4.78 is 26.8. The molecule has 0 unspecified atom stereocenters. The summed E-state index contributed by atoms with van der Waals surface area (Å²) in [7, 11) is -2.15. The molecule has 0 amide bonds. The van der Waals surface area contributed by atoms with Crippen molar-refractivity contribution in [2.45, 2.75) is 4.90 Å². The Balaban J connectivity index is 2.43. The maximum atomic E-state index is 12.5. The number of benzene rings is 2. The third-order valence-electron chi connectivity index (χ3n) is 2.81. The van der Waals surface area contributed by atoms with E-state index >= 15 is 0 Å².